The van der Waals surface area contributed by atoms with Crippen molar-refractivity contribution in [3.63, 3.8) is 0 Å². The Hall–Kier alpha value is -1.45. The van der Waals surface area contributed by atoms with Crippen LogP contribution in [-0.2, 0) is 14.4 Å². The van der Waals surface area contributed by atoms with Gasteiger partial charge in [-0.05, 0) is 24.3 Å². The second-order valence-electron chi connectivity index (χ2n) is 4.88. The maximum Gasteiger partial charge on any atom is 0.236 e. The Labute approximate surface area is 93.3 Å². The van der Waals surface area contributed by atoms with Crippen LogP contribution in [0.1, 0.15) is 19.3 Å². The van der Waals surface area contributed by atoms with Gasteiger partial charge < -0.3 is 0 Å². The lowest BCUT2D eigenvalue weighted by molar-refractivity contribution is -0.138. The summed E-state index contributed by atoms with van der Waals surface area (Å²) < 4.78 is 0. The van der Waals surface area contributed by atoms with Crippen LogP contribution in [0.3, 0.4) is 0 Å². The highest BCUT2D eigenvalue weighted by Gasteiger charge is 2.50. The summed E-state index contributed by atoms with van der Waals surface area (Å²) in [5.74, 6) is -0.427. The first-order valence-electron chi connectivity index (χ1n) is 5.66. The fourth-order valence-electron chi connectivity index (χ4n) is 3.15. The number of imide groups is 1. The molecule has 4 nitrogen and oxygen atoms in total. The van der Waals surface area contributed by atoms with Gasteiger partial charge in [0.2, 0.25) is 11.8 Å². The summed E-state index contributed by atoms with van der Waals surface area (Å²) in [5.41, 5.74) is 0.803. The van der Waals surface area contributed by atoms with Crippen molar-refractivity contribution in [1.29, 1.82) is 0 Å². The molecule has 0 aromatic heterocycles. The summed E-state index contributed by atoms with van der Waals surface area (Å²) in [5, 5.41) is 0. The molecule has 0 aromatic rings. The number of nitrogens with zero attached hydrogens (tertiary/aromatic N) is 1. The minimum absolute atomic E-state index is 0.0790. The first-order valence-corrected chi connectivity index (χ1v) is 5.66. The molecule has 1 saturated heterocycles. The van der Waals surface area contributed by atoms with Crippen LogP contribution in [-0.4, -0.2) is 29.5 Å². The van der Waals surface area contributed by atoms with E-state index in [2.05, 4.69) is 0 Å². The molecule has 3 rings (SSSR count). The molecule has 4 heteroatoms. The van der Waals surface area contributed by atoms with Crippen molar-refractivity contribution >= 4 is 17.6 Å². The second-order valence-corrected chi connectivity index (χ2v) is 4.88. The lowest BCUT2D eigenvalue weighted by atomic mass is 9.77. The first kappa shape index (κ1) is 9.75. The van der Waals surface area contributed by atoms with Crippen LogP contribution in [0.5, 0.6) is 0 Å². The zero-order valence-corrected chi connectivity index (χ0v) is 9.10. The summed E-state index contributed by atoms with van der Waals surface area (Å²) in [4.78, 5) is 36.4. The molecule has 0 N–H and O–H groups in total. The molecule has 2 amide bonds. The number of amides is 2. The van der Waals surface area contributed by atoms with Crippen molar-refractivity contribution in [1.82, 2.24) is 4.90 Å². The number of likely N-dealkylation sites (tertiary alicyclic amines) is 1. The van der Waals surface area contributed by atoms with Gasteiger partial charge in [-0.1, -0.05) is 6.08 Å². The molecule has 1 saturated carbocycles. The zero-order valence-electron chi connectivity index (χ0n) is 9.10. The maximum absolute atomic E-state index is 11.8. The summed E-state index contributed by atoms with van der Waals surface area (Å²) in [6.07, 6.45) is 3.86. The lowest BCUT2D eigenvalue weighted by Crippen LogP contribution is -2.26. The predicted octanol–water partition coefficient (Wildman–Crippen LogP) is 0.527. The topological polar surface area (TPSA) is 54.5 Å². The van der Waals surface area contributed by atoms with Crippen molar-refractivity contribution in [2.75, 3.05) is 7.05 Å². The highest BCUT2D eigenvalue weighted by atomic mass is 16.2. The third-order valence-corrected chi connectivity index (χ3v) is 4.08. The lowest BCUT2D eigenvalue weighted by Gasteiger charge is -2.23. The number of ketones is 1. The molecule has 0 radical (unpaired) electrons. The molecule has 0 bridgehead atoms. The van der Waals surface area contributed by atoms with E-state index in [1.165, 1.54) is 11.9 Å². The van der Waals surface area contributed by atoms with Gasteiger partial charge in [0.15, 0.2) is 5.78 Å². The molecule has 16 heavy (non-hydrogen) atoms. The van der Waals surface area contributed by atoms with Gasteiger partial charge in [-0.2, -0.15) is 0 Å². The minimum atomic E-state index is -0.370. The Morgan fingerprint density at radius 3 is 2.75 bits per heavy atom. The molecule has 0 aromatic carbocycles. The zero-order chi connectivity index (χ0) is 11.4. The van der Waals surface area contributed by atoms with Crippen LogP contribution in [0.2, 0.25) is 0 Å². The van der Waals surface area contributed by atoms with E-state index in [9.17, 15) is 14.4 Å². The molecule has 84 valence electrons. The molecule has 0 spiro atoms. The largest absolute Gasteiger partial charge is 0.295 e. The van der Waals surface area contributed by atoms with Crippen LogP contribution in [0.4, 0.5) is 0 Å². The van der Waals surface area contributed by atoms with Crippen molar-refractivity contribution in [3.05, 3.63) is 11.6 Å². The summed E-state index contributed by atoms with van der Waals surface area (Å²) in [7, 11) is 1.53. The van der Waals surface area contributed by atoms with Crippen LogP contribution in [0.25, 0.3) is 0 Å². The fraction of sp³-hybridized carbons (Fsp3) is 0.583. The average Bonchev–Trinajstić information content (AvgIpc) is 2.74. The van der Waals surface area contributed by atoms with E-state index in [-0.39, 0.29) is 35.4 Å². The molecule has 2 aliphatic carbocycles. The number of hydrogen-bond acceptors (Lipinski definition) is 3. The molecular weight excluding hydrogens is 206 g/mol. The van der Waals surface area contributed by atoms with E-state index in [0.717, 1.165) is 12.0 Å². The normalized spacial score (nSPS) is 37.6. The van der Waals surface area contributed by atoms with Gasteiger partial charge in [-0.3, -0.25) is 19.3 Å². The Morgan fingerprint density at radius 1 is 1.25 bits per heavy atom. The average molecular weight is 219 g/mol. The molecule has 1 heterocycles. The molecule has 0 unspecified atom stereocenters. The van der Waals surface area contributed by atoms with Gasteiger partial charge in [0.25, 0.3) is 0 Å². The van der Waals surface area contributed by atoms with Gasteiger partial charge in [-0.25, -0.2) is 0 Å². The number of allylic oxidation sites excluding steroid dienone is 1. The van der Waals surface area contributed by atoms with Crippen molar-refractivity contribution in [2.45, 2.75) is 19.3 Å². The van der Waals surface area contributed by atoms with Gasteiger partial charge in [0, 0.05) is 13.5 Å². The van der Waals surface area contributed by atoms with Crippen LogP contribution in [0.15, 0.2) is 11.6 Å². The number of fused-ring (bicyclic) bond motifs is 2. The Morgan fingerprint density at radius 2 is 2.00 bits per heavy atom. The SMILES string of the molecule is CN1C(=O)[C@H]2C[C@@H]3CCC(=O)C3=C[C@H]2C1=O. The third-order valence-electron chi connectivity index (χ3n) is 4.08. The van der Waals surface area contributed by atoms with E-state index in [4.69, 9.17) is 0 Å². The number of hydrogen-bond donors (Lipinski definition) is 0. The van der Waals surface area contributed by atoms with Gasteiger partial charge >= 0.3 is 0 Å². The summed E-state index contributed by atoms with van der Waals surface area (Å²) >= 11 is 0. The maximum atomic E-state index is 11.8. The Bertz CT molecular complexity index is 438. The molecule has 3 atom stereocenters. The van der Waals surface area contributed by atoms with Crippen LogP contribution < -0.4 is 0 Å². The monoisotopic (exact) mass is 219 g/mol. The second kappa shape index (κ2) is 3.03. The highest BCUT2D eigenvalue weighted by Crippen LogP contribution is 2.44. The molecule has 2 fully saturated rings. The van der Waals surface area contributed by atoms with Gasteiger partial charge in [0.1, 0.15) is 0 Å². The molecule has 1 aliphatic heterocycles. The van der Waals surface area contributed by atoms with Crippen LogP contribution >= 0.6 is 0 Å². The van der Waals surface area contributed by atoms with Crippen molar-refractivity contribution in [2.24, 2.45) is 17.8 Å². The fourth-order valence-corrected chi connectivity index (χ4v) is 3.15. The molecule has 3 aliphatic rings. The summed E-state index contributed by atoms with van der Waals surface area (Å²) in [6.45, 7) is 0. The van der Waals surface area contributed by atoms with Gasteiger partial charge in [0.05, 0.1) is 11.8 Å². The standard InChI is InChI=1S/C12H13NO3/c1-13-11(15)8-4-6-2-3-10(14)7(6)5-9(8)12(13)16/h5-6,8-9H,2-4H2,1H3/t6-,8-,9+/m0/s1. The van der Waals surface area contributed by atoms with E-state index < -0.39 is 0 Å². The van der Waals surface area contributed by atoms with E-state index in [1.54, 1.807) is 6.08 Å². The highest BCUT2D eigenvalue weighted by molar-refractivity contribution is 6.08. The smallest absolute Gasteiger partial charge is 0.236 e. The third kappa shape index (κ3) is 1.07. The predicted molar refractivity (Wildman–Crippen MR) is 55.2 cm³/mol. The Balaban J connectivity index is 2.02. The van der Waals surface area contributed by atoms with E-state index >= 15 is 0 Å². The quantitative estimate of drug-likeness (QED) is 0.558. The minimum Gasteiger partial charge on any atom is -0.295 e. The van der Waals surface area contributed by atoms with Crippen LogP contribution in [0, 0.1) is 17.8 Å². The van der Waals surface area contributed by atoms with Crippen molar-refractivity contribution in [3.8, 4) is 0 Å². The number of carbonyl (C=O) groups is 3. The summed E-state index contributed by atoms with van der Waals surface area (Å²) in [6, 6.07) is 0. The van der Waals surface area contributed by atoms with E-state index in [0.29, 0.717) is 12.8 Å². The van der Waals surface area contributed by atoms with E-state index in [1.807, 2.05) is 0 Å². The van der Waals surface area contributed by atoms with Gasteiger partial charge in [-0.15, -0.1) is 0 Å². The number of rotatable bonds is 0. The number of Topliss-reactive ketones (excluding diaryl/α,β-unsaturated/α-hetero) is 1. The Kier molecular flexibility index (Phi) is 1.85. The first-order chi connectivity index (χ1) is 7.59. The van der Waals surface area contributed by atoms with Crippen molar-refractivity contribution < 1.29 is 14.4 Å². The molecular formula is C12H13NO3. The number of carbonyl (C=O) groups excluding carboxylic acids is 3.